The van der Waals surface area contributed by atoms with Crippen LogP contribution in [0.5, 0.6) is 11.5 Å². The normalized spacial score (nSPS) is 11.6. The summed E-state index contributed by atoms with van der Waals surface area (Å²) in [4.78, 5) is 11.7. The molecule has 8 heteroatoms. The monoisotopic (exact) mass is 310 g/mol. The summed E-state index contributed by atoms with van der Waals surface area (Å²) < 4.78 is 63.3. The minimum absolute atomic E-state index is 0.132. The molecule has 0 bridgehead atoms. The van der Waals surface area contributed by atoms with E-state index in [0.717, 1.165) is 0 Å². The summed E-state index contributed by atoms with van der Waals surface area (Å²) in [7, 11) is 2.78. The highest BCUT2D eigenvalue weighted by Crippen LogP contribution is 2.28. The third-order valence-electron chi connectivity index (χ3n) is 2.55. The van der Waals surface area contributed by atoms with Gasteiger partial charge in [-0.3, -0.25) is 4.79 Å². The van der Waals surface area contributed by atoms with Gasteiger partial charge in [0.25, 0.3) is 0 Å². The molecule has 1 aromatic carbocycles. The Hall–Kier alpha value is -1.83. The Morgan fingerprint density at radius 2 is 1.81 bits per heavy atom. The first-order valence-electron chi connectivity index (χ1n) is 5.80. The molecule has 0 N–H and O–H groups in total. The van der Waals surface area contributed by atoms with Crippen molar-refractivity contribution < 1.29 is 36.6 Å². The van der Waals surface area contributed by atoms with Crippen LogP contribution in [-0.2, 0) is 4.74 Å². The number of Topliss-reactive ketones (excluding diaryl/α,β-unsaturated/α-hetero) is 1. The average Bonchev–Trinajstić information content (AvgIpc) is 2.45. The summed E-state index contributed by atoms with van der Waals surface area (Å²) >= 11 is 0. The maximum absolute atomic E-state index is 12.6. The van der Waals surface area contributed by atoms with Crippen molar-refractivity contribution in [2.75, 3.05) is 27.4 Å². The van der Waals surface area contributed by atoms with Gasteiger partial charge in [-0.25, -0.2) is 8.78 Å². The lowest BCUT2D eigenvalue weighted by Crippen LogP contribution is -2.33. The molecule has 0 aromatic heterocycles. The fraction of sp³-hybridized carbons (Fsp3) is 0.462. The third-order valence-corrected chi connectivity index (χ3v) is 2.55. The van der Waals surface area contributed by atoms with Gasteiger partial charge in [0, 0.05) is 5.56 Å². The van der Waals surface area contributed by atoms with Gasteiger partial charge in [-0.1, -0.05) is 0 Å². The summed E-state index contributed by atoms with van der Waals surface area (Å²) in [5.41, 5.74) is 0.132. The Labute approximate surface area is 118 Å². The number of ketones is 1. The van der Waals surface area contributed by atoms with Crippen LogP contribution in [0.15, 0.2) is 18.2 Å². The molecule has 0 spiro atoms. The fourth-order valence-corrected chi connectivity index (χ4v) is 1.44. The van der Waals surface area contributed by atoms with Gasteiger partial charge in [-0.15, -0.1) is 0 Å². The lowest BCUT2D eigenvalue weighted by Gasteiger charge is -2.15. The maximum Gasteiger partial charge on any atom is 0.330 e. The van der Waals surface area contributed by atoms with Gasteiger partial charge in [-0.05, 0) is 18.2 Å². The molecule has 0 heterocycles. The van der Waals surface area contributed by atoms with E-state index in [2.05, 4.69) is 4.74 Å². The second-order valence-corrected chi connectivity index (χ2v) is 4.05. The van der Waals surface area contributed by atoms with Crippen LogP contribution < -0.4 is 9.47 Å². The second-order valence-electron chi connectivity index (χ2n) is 4.05. The zero-order valence-electron chi connectivity index (χ0n) is 11.4. The Balaban J connectivity index is 2.64. The molecule has 0 saturated heterocycles. The van der Waals surface area contributed by atoms with Crippen molar-refractivity contribution in [1.29, 1.82) is 0 Å². The number of alkyl halides is 4. The summed E-state index contributed by atoms with van der Waals surface area (Å²) in [6.45, 7) is -2.26. The van der Waals surface area contributed by atoms with Crippen molar-refractivity contribution in [2.45, 2.75) is 12.3 Å². The standard InChI is InChI=1S/C13H14F4O4/c1-19-10-4-3-8(5-11(10)20-2)9(18)6-21-7-13(16,17)12(14)15/h3-5,12H,6-7H2,1-2H3. The number of hydrogen-bond donors (Lipinski definition) is 0. The van der Waals surface area contributed by atoms with Crippen LogP contribution in [0.25, 0.3) is 0 Å². The van der Waals surface area contributed by atoms with Crippen LogP contribution in [0, 0.1) is 0 Å². The fourth-order valence-electron chi connectivity index (χ4n) is 1.44. The first kappa shape index (κ1) is 17.2. The summed E-state index contributed by atoms with van der Waals surface area (Å²) in [5.74, 6) is -4.25. The molecule has 1 rings (SSSR count). The van der Waals surface area contributed by atoms with Gasteiger partial charge >= 0.3 is 12.3 Å². The first-order chi connectivity index (χ1) is 9.81. The molecular weight excluding hydrogens is 296 g/mol. The first-order valence-corrected chi connectivity index (χ1v) is 5.80. The predicted octanol–water partition coefficient (Wildman–Crippen LogP) is 2.80. The second kappa shape index (κ2) is 7.26. The summed E-state index contributed by atoms with van der Waals surface area (Å²) in [6.07, 6.45) is -3.84. The van der Waals surface area contributed by atoms with E-state index in [-0.39, 0.29) is 11.3 Å². The van der Waals surface area contributed by atoms with E-state index in [0.29, 0.717) is 5.75 Å². The highest BCUT2D eigenvalue weighted by molar-refractivity contribution is 5.97. The van der Waals surface area contributed by atoms with Crippen molar-refractivity contribution in [3.8, 4) is 11.5 Å². The number of benzene rings is 1. The topological polar surface area (TPSA) is 44.8 Å². The molecule has 0 radical (unpaired) electrons. The molecular formula is C13H14F4O4. The van der Waals surface area contributed by atoms with E-state index < -0.39 is 31.3 Å². The zero-order chi connectivity index (χ0) is 16.0. The molecule has 0 atom stereocenters. The molecule has 118 valence electrons. The number of halogens is 4. The van der Waals surface area contributed by atoms with Gasteiger partial charge < -0.3 is 14.2 Å². The molecule has 4 nitrogen and oxygen atoms in total. The zero-order valence-corrected chi connectivity index (χ0v) is 11.4. The van der Waals surface area contributed by atoms with E-state index >= 15 is 0 Å². The van der Waals surface area contributed by atoms with Gasteiger partial charge in [0.15, 0.2) is 17.3 Å². The number of ether oxygens (including phenoxy) is 3. The van der Waals surface area contributed by atoms with Crippen molar-refractivity contribution in [1.82, 2.24) is 0 Å². The molecule has 0 saturated carbocycles. The number of carbonyl (C=O) groups excluding carboxylic acids is 1. The van der Waals surface area contributed by atoms with Crippen LogP contribution in [-0.4, -0.2) is 45.6 Å². The molecule has 0 amide bonds. The van der Waals surface area contributed by atoms with E-state index in [1.165, 1.54) is 32.4 Å². The minimum Gasteiger partial charge on any atom is -0.493 e. The third kappa shape index (κ3) is 4.59. The number of methoxy groups -OCH3 is 2. The summed E-state index contributed by atoms with van der Waals surface area (Å²) in [5, 5.41) is 0. The molecule has 0 aliphatic rings. The lowest BCUT2D eigenvalue weighted by atomic mass is 10.1. The Morgan fingerprint density at radius 3 is 2.33 bits per heavy atom. The lowest BCUT2D eigenvalue weighted by molar-refractivity contribution is -0.163. The van der Waals surface area contributed by atoms with Crippen molar-refractivity contribution >= 4 is 5.78 Å². The SMILES string of the molecule is COc1ccc(C(=O)COCC(F)(F)C(F)F)cc1OC. The Kier molecular flexibility index (Phi) is 5.95. The highest BCUT2D eigenvalue weighted by Gasteiger charge is 2.41. The van der Waals surface area contributed by atoms with Gasteiger partial charge in [0.1, 0.15) is 13.2 Å². The van der Waals surface area contributed by atoms with Crippen molar-refractivity contribution in [3.05, 3.63) is 23.8 Å². The summed E-state index contributed by atoms with van der Waals surface area (Å²) in [6, 6.07) is 4.19. The predicted molar refractivity (Wildman–Crippen MR) is 65.6 cm³/mol. The van der Waals surface area contributed by atoms with Crippen molar-refractivity contribution in [2.24, 2.45) is 0 Å². The van der Waals surface area contributed by atoms with Crippen LogP contribution in [0.1, 0.15) is 10.4 Å². The molecule has 0 fully saturated rings. The smallest absolute Gasteiger partial charge is 0.330 e. The van der Waals surface area contributed by atoms with E-state index in [1.54, 1.807) is 0 Å². The maximum atomic E-state index is 12.6. The highest BCUT2D eigenvalue weighted by atomic mass is 19.3. The van der Waals surface area contributed by atoms with Crippen LogP contribution in [0.2, 0.25) is 0 Å². The molecule has 0 aliphatic heterocycles. The van der Waals surface area contributed by atoms with E-state index in [9.17, 15) is 22.4 Å². The Bertz CT molecular complexity index is 491. The Morgan fingerprint density at radius 1 is 1.19 bits per heavy atom. The van der Waals surface area contributed by atoms with E-state index in [1.807, 2.05) is 0 Å². The van der Waals surface area contributed by atoms with Gasteiger partial charge in [0.2, 0.25) is 0 Å². The quantitative estimate of drug-likeness (QED) is 0.547. The van der Waals surface area contributed by atoms with Gasteiger partial charge in [0.05, 0.1) is 14.2 Å². The number of carbonyl (C=O) groups is 1. The largest absolute Gasteiger partial charge is 0.493 e. The molecule has 0 aliphatic carbocycles. The van der Waals surface area contributed by atoms with Crippen LogP contribution in [0.4, 0.5) is 17.6 Å². The average molecular weight is 310 g/mol. The molecule has 21 heavy (non-hydrogen) atoms. The van der Waals surface area contributed by atoms with Crippen LogP contribution >= 0.6 is 0 Å². The van der Waals surface area contributed by atoms with Gasteiger partial charge in [-0.2, -0.15) is 8.78 Å². The van der Waals surface area contributed by atoms with Crippen LogP contribution in [0.3, 0.4) is 0 Å². The number of hydrogen-bond acceptors (Lipinski definition) is 4. The molecule has 0 unspecified atom stereocenters. The number of rotatable bonds is 8. The minimum atomic E-state index is -4.28. The van der Waals surface area contributed by atoms with E-state index in [4.69, 9.17) is 9.47 Å². The van der Waals surface area contributed by atoms with Crippen molar-refractivity contribution in [3.63, 3.8) is 0 Å². The molecule has 1 aromatic rings.